The third-order valence-corrected chi connectivity index (χ3v) is 3.37. The molecule has 23 heavy (non-hydrogen) atoms. The molecule has 1 aromatic rings. The molecule has 0 fully saturated rings. The summed E-state index contributed by atoms with van der Waals surface area (Å²) in [4.78, 5) is 6.12. The monoisotopic (exact) mass is 330 g/mol. The predicted octanol–water partition coefficient (Wildman–Crippen LogP) is 2.76. The smallest absolute Gasteiger partial charge is 0.356 e. The maximum atomic E-state index is 12.1. The number of rotatable bonds is 7. The van der Waals surface area contributed by atoms with Crippen LogP contribution >= 0.6 is 0 Å². The molecule has 0 atom stereocenters. The lowest BCUT2D eigenvalue weighted by Crippen LogP contribution is -2.38. The zero-order valence-electron chi connectivity index (χ0n) is 13.9. The molecule has 130 valence electrons. The average molecular weight is 330 g/mol. The Kier molecular flexibility index (Phi) is 7.88. The Bertz CT molecular complexity index is 500. The van der Waals surface area contributed by atoms with Gasteiger partial charge in [-0.25, -0.2) is 0 Å². The van der Waals surface area contributed by atoms with Gasteiger partial charge in [0.15, 0.2) is 5.96 Å². The van der Waals surface area contributed by atoms with Crippen molar-refractivity contribution in [1.82, 2.24) is 15.5 Å². The van der Waals surface area contributed by atoms with Gasteiger partial charge in [0, 0.05) is 26.7 Å². The molecule has 2 N–H and O–H groups in total. The molecule has 0 bridgehead atoms. The topological polar surface area (TPSA) is 39.7 Å². The minimum absolute atomic E-state index is 0.190. The van der Waals surface area contributed by atoms with E-state index in [0.29, 0.717) is 12.5 Å². The standard InChI is InChI=1S/C16H25F3N4/c1-4-23(3)12-14-7-5-6-13(10-14)11-22-15(20-2)21-9-8-16(17,18)19/h5-7,10H,4,8-9,11-12H2,1-3H3,(H2,20,21,22). The van der Waals surface area contributed by atoms with E-state index in [0.717, 1.165) is 18.7 Å². The maximum absolute atomic E-state index is 12.1. The molecule has 1 aromatic carbocycles. The van der Waals surface area contributed by atoms with Crippen LogP contribution in [0.25, 0.3) is 0 Å². The van der Waals surface area contributed by atoms with Crippen molar-refractivity contribution >= 4 is 5.96 Å². The second-order valence-electron chi connectivity index (χ2n) is 5.37. The van der Waals surface area contributed by atoms with E-state index in [2.05, 4.69) is 46.6 Å². The van der Waals surface area contributed by atoms with Crippen LogP contribution < -0.4 is 10.6 Å². The first-order chi connectivity index (χ1) is 10.8. The van der Waals surface area contributed by atoms with E-state index in [9.17, 15) is 13.2 Å². The summed E-state index contributed by atoms with van der Waals surface area (Å²) in [5.41, 5.74) is 2.26. The van der Waals surface area contributed by atoms with Crippen LogP contribution in [0.2, 0.25) is 0 Å². The number of nitrogens with zero attached hydrogens (tertiary/aromatic N) is 2. The quantitative estimate of drug-likeness (QED) is 0.596. The number of hydrogen-bond donors (Lipinski definition) is 2. The highest BCUT2D eigenvalue weighted by atomic mass is 19.4. The molecular weight excluding hydrogens is 305 g/mol. The van der Waals surface area contributed by atoms with E-state index in [1.54, 1.807) is 0 Å². The van der Waals surface area contributed by atoms with Crippen LogP contribution in [0, 0.1) is 0 Å². The minimum Gasteiger partial charge on any atom is -0.356 e. The SMILES string of the molecule is CCN(C)Cc1cccc(CNC(=NC)NCCC(F)(F)F)c1. The lowest BCUT2D eigenvalue weighted by atomic mass is 10.1. The van der Waals surface area contributed by atoms with Gasteiger partial charge in [0.2, 0.25) is 0 Å². The molecule has 0 spiro atoms. The molecule has 0 unspecified atom stereocenters. The Hall–Kier alpha value is -1.76. The van der Waals surface area contributed by atoms with Crippen molar-refractivity contribution in [2.24, 2.45) is 4.99 Å². The highest BCUT2D eigenvalue weighted by Gasteiger charge is 2.26. The largest absolute Gasteiger partial charge is 0.390 e. The lowest BCUT2D eigenvalue weighted by molar-refractivity contribution is -0.132. The van der Waals surface area contributed by atoms with Crippen molar-refractivity contribution in [3.63, 3.8) is 0 Å². The highest BCUT2D eigenvalue weighted by molar-refractivity contribution is 5.79. The van der Waals surface area contributed by atoms with Gasteiger partial charge >= 0.3 is 6.18 Å². The number of halogens is 3. The maximum Gasteiger partial charge on any atom is 0.390 e. The van der Waals surface area contributed by atoms with E-state index in [-0.39, 0.29) is 6.54 Å². The molecule has 0 saturated carbocycles. The summed E-state index contributed by atoms with van der Waals surface area (Å²) >= 11 is 0. The summed E-state index contributed by atoms with van der Waals surface area (Å²) in [7, 11) is 3.59. The zero-order valence-corrected chi connectivity index (χ0v) is 13.9. The Morgan fingerprint density at radius 1 is 1.22 bits per heavy atom. The molecular formula is C16H25F3N4. The number of nitrogens with one attached hydrogen (secondary N) is 2. The molecule has 0 aliphatic heterocycles. The first kappa shape index (κ1) is 19.3. The summed E-state index contributed by atoms with van der Waals surface area (Å²) in [6, 6.07) is 8.11. The fourth-order valence-corrected chi connectivity index (χ4v) is 1.99. The fourth-order valence-electron chi connectivity index (χ4n) is 1.99. The summed E-state index contributed by atoms with van der Waals surface area (Å²) < 4.78 is 36.4. The molecule has 0 aliphatic rings. The van der Waals surface area contributed by atoms with Gasteiger partial charge in [0.25, 0.3) is 0 Å². The van der Waals surface area contributed by atoms with Crippen LogP contribution in [0.1, 0.15) is 24.5 Å². The number of alkyl halides is 3. The van der Waals surface area contributed by atoms with Gasteiger partial charge in [0.1, 0.15) is 0 Å². The van der Waals surface area contributed by atoms with E-state index in [4.69, 9.17) is 0 Å². The van der Waals surface area contributed by atoms with E-state index < -0.39 is 12.6 Å². The van der Waals surface area contributed by atoms with Gasteiger partial charge in [-0.2, -0.15) is 13.2 Å². The lowest BCUT2D eigenvalue weighted by Gasteiger charge is -2.15. The molecule has 0 aromatic heterocycles. The summed E-state index contributed by atoms with van der Waals surface area (Å²) in [5.74, 6) is 0.366. The molecule has 0 amide bonds. The molecule has 0 saturated heterocycles. The zero-order chi connectivity index (χ0) is 17.3. The minimum atomic E-state index is -4.16. The van der Waals surface area contributed by atoms with Gasteiger partial charge in [-0.1, -0.05) is 31.2 Å². The summed E-state index contributed by atoms with van der Waals surface area (Å²) in [5, 5.41) is 5.69. The van der Waals surface area contributed by atoms with Crippen LogP contribution in [0.5, 0.6) is 0 Å². The van der Waals surface area contributed by atoms with Gasteiger partial charge in [0.05, 0.1) is 6.42 Å². The average Bonchev–Trinajstić information content (AvgIpc) is 2.49. The van der Waals surface area contributed by atoms with Crippen LogP contribution in [-0.2, 0) is 13.1 Å². The predicted molar refractivity (Wildman–Crippen MR) is 87.3 cm³/mol. The third-order valence-electron chi connectivity index (χ3n) is 3.37. The van der Waals surface area contributed by atoms with Gasteiger partial charge in [-0.05, 0) is 24.7 Å². The van der Waals surface area contributed by atoms with Crippen molar-refractivity contribution in [2.45, 2.75) is 32.6 Å². The van der Waals surface area contributed by atoms with Crippen LogP contribution in [0.15, 0.2) is 29.3 Å². The van der Waals surface area contributed by atoms with Crippen molar-refractivity contribution in [2.75, 3.05) is 27.2 Å². The molecule has 0 aliphatic carbocycles. The van der Waals surface area contributed by atoms with Crippen LogP contribution in [0.4, 0.5) is 13.2 Å². The molecule has 0 heterocycles. The van der Waals surface area contributed by atoms with Crippen molar-refractivity contribution in [1.29, 1.82) is 0 Å². The summed E-state index contributed by atoms with van der Waals surface area (Å²) in [6.07, 6.45) is -5.04. The first-order valence-electron chi connectivity index (χ1n) is 7.61. The van der Waals surface area contributed by atoms with Crippen LogP contribution in [0.3, 0.4) is 0 Å². The fraction of sp³-hybridized carbons (Fsp3) is 0.562. The second kappa shape index (κ2) is 9.39. The number of benzene rings is 1. The Labute approximate surface area is 135 Å². The molecule has 4 nitrogen and oxygen atoms in total. The second-order valence-corrected chi connectivity index (χ2v) is 5.37. The van der Waals surface area contributed by atoms with E-state index >= 15 is 0 Å². The number of aliphatic imine (C=N–C) groups is 1. The molecule has 1 rings (SSSR count). The Morgan fingerprint density at radius 3 is 2.52 bits per heavy atom. The highest BCUT2D eigenvalue weighted by Crippen LogP contribution is 2.18. The van der Waals surface area contributed by atoms with Crippen molar-refractivity contribution in [3.05, 3.63) is 35.4 Å². The van der Waals surface area contributed by atoms with Gasteiger partial charge < -0.3 is 15.5 Å². The van der Waals surface area contributed by atoms with Gasteiger partial charge in [-0.15, -0.1) is 0 Å². The normalized spacial score (nSPS) is 12.6. The first-order valence-corrected chi connectivity index (χ1v) is 7.61. The number of guanidine groups is 1. The summed E-state index contributed by atoms with van der Waals surface area (Å²) in [6.45, 7) is 4.25. The number of hydrogen-bond acceptors (Lipinski definition) is 2. The molecule has 0 radical (unpaired) electrons. The molecule has 7 heteroatoms. The van der Waals surface area contributed by atoms with E-state index in [1.165, 1.54) is 12.6 Å². The van der Waals surface area contributed by atoms with Crippen molar-refractivity contribution in [3.8, 4) is 0 Å². The van der Waals surface area contributed by atoms with Gasteiger partial charge in [-0.3, -0.25) is 4.99 Å². The third kappa shape index (κ3) is 8.44. The van der Waals surface area contributed by atoms with Crippen LogP contribution in [-0.4, -0.2) is 44.2 Å². The van der Waals surface area contributed by atoms with E-state index in [1.807, 2.05) is 12.1 Å². The Morgan fingerprint density at radius 2 is 1.91 bits per heavy atom. The Balaban J connectivity index is 2.48. The van der Waals surface area contributed by atoms with Crippen molar-refractivity contribution < 1.29 is 13.2 Å².